The van der Waals surface area contributed by atoms with E-state index >= 15 is 0 Å². The van der Waals surface area contributed by atoms with Crippen LogP contribution in [-0.4, -0.2) is 20.2 Å². The summed E-state index contributed by atoms with van der Waals surface area (Å²) in [4.78, 5) is 2.20. The van der Waals surface area contributed by atoms with Gasteiger partial charge in [0.2, 0.25) is 0 Å². The van der Waals surface area contributed by atoms with E-state index in [0.29, 0.717) is 12.3 Å². The van der Waals surface area contributed by atoms with Gasteiger partial charge in [0.1, 0.15) is 18.4 Å². The number of nitrogens with one attached hydrogen (secondary N) is 3. The number of ether oxygens (including phenoxy) is 1. The van der Waals surface area contributed by atoms with Crippen LogP contribution in [-0.2, 0) is 0 Å². The molecule has 0 radical (unpaired) electrons. The first kappa shape index (κ1) is 14.4. The predicted molar refractivity (Wildman–Crippen MR) is 92.6 cm³/mol. The molecule has 0 atom stereocenters. The second-order valence-corrected chi connectivity index (χ2v) is 5.77. The van der Waals surface area contributed by atoms with E-state index in [0.717, 1.165) is 40.4 Å². The molecular weight excluding hydrogens is 302 g/mol. The number of nitriles is 1. The molecule has 0 bridgehead atoms. The highest BCUT2D eigenvalue weighted by molar-refractivity contribution is 5.77. The van der Waals surface area contributed by atoms with E-state index in [-0.39, 0.29) is 0 Å². The van der Waals surface area contributed by atoms with Crippen LogP contribution in [0.3, 0.4) is 0 Å². The van der Waals surface area contributed by atoms with Crippen LogP contribution in [0.5, 0.6) is 5.75 Å². The van der Waals surface area contributed by atoms with Gasteiger partial charge in [0.25, 0.3) is 0 Å². The first-order valence-electron chi connectivity index (χ1n) is 7.76. The molecule has 2 aliphatic heterocycles. The lowest BCUT2D eigenvalue weighted by atomic mass is 10.0. The second kappa shape index (κ2) is 5.80. The quantitative estimate of drug-likeness (QED) is 0.786. The van der Waals surface area contributed by atoms with E-state index in [1.807, 2.05) is 12.1 Å². The number of fused-ring (bicyclic) bond motifs is 1. The first-order valence-corrected chi connectivity index (χ1v) is 7.76. The van der Waals surface area contributed by atoms with Gasteiger partial charge in [-0.1, -0.05) is 24.3 Å². The molecule has 0 aliphatic carbocycles. The van der Waals surface area contributed by atoms with Crippen LogP contribution in [0.15, 0.2) is 48.2 Å². The molecule has 4 rings (SSSR count). The minimum Gasteiger partial charge on any atom is -0.490 e. The molecule has 2 aromatic rings. The Morgan fingerprint density at radius 1 is 1.08 bits per heavy atom. The molecule has 0 spiro atoms. The number of benzene rings is 2. The maximum Gasteiger partial charge on any atom is 0.154 e. The Balaban J connectivity index is 1.73. The zero-order valence-electron chi connectivity index (χ0n) is 13.3. The molecule has 6 heteroatoms. The molecule has 0 saturated heterocycles. The van der Waals surface area contributed by atoms with E-state index in [1.54, 1.807) is 0 Å². The molecule has 2 aliphatic rings. The number of rotatable bonds is 2. The van der Waals surface area contributed by atoms with Crippen LogP contribution in [0.1, 0.15) is 5.56 Å². The molecule has 3 N–H and O–H groups in total. The third kappa shape index (κ3) is 2.41. The van der Waals surface area contributed by atoms with Gasteiger partial charge in [-0.3, -0.25) is 5.43 Å². The highest BCUT2D eigenvalue weighted by atomic mass is 16.5. The molecule has 0 fully saturated rings. The number of nitrogens with zero attached hydrogens (tertiary/aromatic N) is 2. The van der Waals surface area contributed by atoms with Gasteiger partial charge in [-0.25, -0.2) is 0 Å². The normalized spacial score (nSPS) is 15.9. The van der Waals surface area contributed by atoms with Gasteiger partial charge in [-0.15, -0.1) is 5.53 Å². The van der Waals surface area contributed by atoms with Gasteiger partial charge in [0.05, 0.1) is 17.9 Å². The van der Waals surface area contributed by atoms with Crippen LogP contribution in [0.2, 0.25) is 0 Å². The van der Waals surface area contributed by atoms with Crippen molar-refractivity contribution in [2.24, 2.45) is 0 Å². The summed E-state index contributed by atoms with van der Waals surface area (Å²) in [5, 5.41) is 9.17. The third-order valence-electron chi connectivity index (χ3n) is 4.28. The SMILES string of the molecule is CN1CCOc2cc(-c3cccc(C4=C(C#N)NNN4)c3)ccc21. The molecule has 6 nitrogen and oxygen atoms in total. The fourth-order valence-corrected chi connectivity index (χ4v) is 2.97. The van der Waals surface area contributed by atoms with Crippen molar-refractivity contribution in [2.45, 2.75) is 0 Å². The lowest BCUT2D eigenvalue weighted by Crippen LogP contribution is -2.32. The van der Waals surface area contributed by atoms with Crippen molar-refractivity contribution < 1.29 is 4.74 Å². The Hall–Kier alpha value is -3.17. The standard InChI is InChI=1S/C18H17N5O/c1-23-7-8-24-17-10-13(5-6-16(17)23)12-3-2-4-14(9-12)18-15(11-19)20-22-21-18/h2-6,9-10,20-22H,7-8H2,1H3. The number of allylic oxidation sites excluding steroid dienone is 1. The Morgan fingerprint density at radius 3 is 2.79 bits per heavy atom. The molecule has 120 valence electrons. The maximum atomic E-state index is 9.17. The summed E-state index contributed by atoms with van der Waals surface area (Å²) in [6.07, 6.45) is 0. The fraction of sp³-hybridized carbons (Fsp3) is 0.167. The third-order valence-corrected chi connectivity index (χ3v) is 4.28. The smallest absolute Gasteiger partial charge is 0.154 e. The largest absolute Gasteiger partial charge is 0.490 e. The average molecular weight is 319 g/mol. The van der Waals surface area contributed by atoms with Crippen molar-refractivity contribution in [3.8, 4) is 22.9 Å². The molecule has 0 saturated carbocycles. The van der Waals surface area contributed by atoms with Crippen LogP contribution in [0, 0.1) is 11.3 Å². The summed E-state index contributed by atoms with van der Waals surface area (Å²) in [6.45, 7) is 1.60. The lowest BCUT2D eigenvalue weighted by Gasteiger charge is -2.28. The van der Waals surface area contributed by atoms with Gasteiger partial charge >= 0.3 is 0 Å². The Kier molecular flexibility index (Phi) is 3.48. The average Bonchev–Trinajstić information content (AvgIpc) is 3.10. The topological polar surface area (TPSA) is 72.3 Å². The van der Waals surface area contributed by atoms with Crippen molar-refractivity contribution in [3.05, 3.63) is 53.7 Å². The molecule has 2 heterocycles. The van der Waals surface area contributed by atoms with Crippen molar-refractivity contribution in [2.75, 3.05) is 25.1 Å². The predicted octanol–water partition coefficient (Wildman–Crippen LogP) is 1.99. The van der Waals surface area contributed by atoms with Gasteiger partial charge in [0, 0.05) is 12.6 Å². The van der Waals surface area contributed by atoms with E-state index in [1.165, 1.54) is 0 Å². The molecule has 2 aromatic carbocycles. The van der Waals surface area contributed by atoms with Crippen LogP contribution in [0.25, 0.3) is 16.8 Å². The lowest BCUT2D eigenvalue weighted by molar-refractivity contribution is 0.311. The van der Waals surface area contributed by atoms with Crippen molar-refractivity contribution >= 4 is 11.4 Å². The van der Waals surface area contributed by atoms with E-state index in [2.05, 4.69) is 64.7 Å². The summed E-state index contributed by atoms with van der Waals surface area (Å²) >= 11 is 0. The summed E-state index contributed by atoms with van der Waals surface area (Å²) in [6, 6.07) is 16.5. The van der Waals surface area contributed by atoms with Gasteiger partial charge < -0.3 is 15.1 Å². The van der Waals surface area contributed by atoms with Crippen molar-refractivity contribution in [1.82, 2.24) is 16.4 Å². The van der Waals surface area contributed by atoms with Crippen molar-refractivity contribution in [3.63, 3.8) is 0 Å². The molecule has 0 unspecified atom stereocenters. The highest BCUT2D eigenvalue weighted by Gasteiger charge is 2.17. The summed E-state index contributed by atoms with van der Waals surface area (Å²) in [7, 11) is 2.07. The fourth-order valence-electron chi connectivity index (χ4n) is 2.97. The van der Waals surface area contributed by atoms with Crippen LogP contribution >= 0.6 is 0 Å². The van der Waals surface area contributed by atoms with E-state index in [9.17, 15) is 0 Å². The van der Waals surface area contributed by atoms with Gasteiger partial charge in [-0.2, -0.15) is 5.26 Å². The highest BCUT2D eigenvalue weighted by Crippen LogP contribution is 2.35. The van der Waals surface area contributed by atoms with Crippen LogP contribution in [0.4, 0.5) is 5.69 Å². The Labute approximate surface area is 140 Å². The monoisotopic (exact) mass is 319 g/mol. The minimum atomic E-state index is 0.475. The number of likely N-dealkylation sites (N-methyl/N-ethyl adjacent to an activating group) is 1. The van der Waals surface area contributed by atoms with Gasteiger partial charge in [-0.05, 0) is 29.3 Å². The maximum absolute atomic E-state index is 9.17. The molecule has 0 aromatic heterocycles. The molecule has 0 amide bonds. The summed E-state index contributed by atoms with van der Waals surface area (Å²) in [5.41, 5.74) is 14.0. The number of hydrazine groups is 2. The zero-order valence-corrected chi connectivity index (χ0v) is 13.3. The second-order valence-electron chi connectivity index (χ2n) is 5.77. The van der Waals surface area contributed by atoms with E-state index in [4.69, 9.17) is 10.00 Å². The number of hydrogen-bond acceptors (Lipinski definition) is 6. The van der Waals surface area contributed by atoms with Crippen LogP contribution < -0.4 is 26.0 Å². The Bertz CT molecular complexity index is 868. The number of anilines is 1. The minimum absolute atomic E-state index is 0.475. The Morgan fingerprint density at radius 2 is 1.92 bits per heavy atom. The first-order chi connectivity index (χ1) is 11.8. The summed E-state index contributed by atoms with van der Waals surface area (Å²) in [5.74, 6) is 0.908. The van der Waals surface area contributed by atoms with Gasteiger partial charge in [0.15, 0.2) is 5.70 Å². The zero-order chi connectivity index (χ0) is 16.5. The van der Waals surface area contributed by atoms with Crippen molar-refractivity contribution in [1.29, 1.82) is 5.26 Å². The van der Waals surface area contributed by atoms with E-state index < -0.39 is 0 Å². The number of hydrogen-bond donors (Lipinski definition) is 3. The molecule has 24 heavy (non-hydrogen) atoms. The summed E-state index contributed by atoms with van der Waals surface area (Å²) < 4.78 is 5.79. The molecular formula is C18H17N5O.